The topological polar surface area (TPSA) is 62.3 Å². The van der Waals surface area contributed by atoms with Gasteiger partial charge in [-0.3, -0.25) is 14.6 Å². The van der Waals surface area contributed by atoms with Gasteiger partial charge >= 0.3 is 0 Å². The summed E-state index contributed by atoms with van der Waals surface area (Å²) in [4.78, 5) is 30.7. The highest BCUT2D eigenvalue weighted by Crippen LogP contribution is 2.13. The summed E-state index contributed by atoms with van der Waals surface area (Å²) in [6.45, 7) is 4.39. The Balaban J connectivity index is 1.97. The summed E-state index contributed by atoms with van der Waals surface area (Å²) >= 11 is 0. The molecule has 0 radical (unpaired) electrons. The number of hydrogen-bond acceptors (Lipinski definition) is 3. The van der Waals surface area contributed by atoms with Crippen LogP contribution in [-0.2, 0) is 0 Å². The molecule has 0 saturated carbocycles. The van der Waals surface area contributed by atoms with Crippen LogP contribution in [0.2, 0.25) is 0 Å². The molecule has 1 aromatic rings. The number of likely N-dealkylation sites (tertiary alicyclic amines) is 1. The quantitative estimate of drug-likeness (QED) is 0.820. The van der Waals surface area contributed by atoms with Crippen LogP contribution < -0.4 is 5.32 Å². The lowest BCUT2D eigenvalue weighted by atomic mass is 10.2. The molecule has 5 heteroatoms. The number of nitrogens with zero attached hydrogens (tertiary/aromatic N) is 2. The van der Waals surface area contributed by atoms with E-state index in [1.54, 1.807) is 18.3 Å². The third-order valence-electron chi connectivity index (χ3n) is 4.20. The monoisotopic (exact) mass is 317 g/mol. The van der Waals surface area contributed by atoms with Crippen molar-refractivity contribution in [1.29, 1.82) is 0 Å². The van der Waals surface area contributed by atoms with Gasteiger partial charge in [0.15, 0.2) is 0 Å². The molecular weight excluding hydrogens is 290 g/mol. The lowest BCUT2D eigenvalue weighted by molar-refractivity contribution is 0.0761. The van der Waals surface area contributed by atoms with E-state index in [0.717, 1.165) is 45.2 Å². The van der Waals surface area contributed by atoms with Gasteiger partial charge in [0, 0.05) is 31.4 Å². The largest absolute Gasteiger partial charge is 0.351 e. The van der Waals surface area contributed by atoms with Crippen LogP contribution in [0.15, 0.2) is 18.3 Å². The van der Waals surface area contributed by atoms with Gasteiger partial charge in [0.2, 0.25) is 0 Å². The van der Waals surface area contributed by atoms with Crippen LogP contribution in [0.25, 0.3) is 0 Å². The van der Waals surface area contributed by atoms with E-state index >= 15 is 0 Å². The smallest absolute Gasteiger partial charge is 0.269 e. The van der Waals surface area contributed by atoms with Gasteiger partial charge in [0.1, 0.15) is 5.69 Å². The van der Waals surface area contributed by atoms with Crippen LogP contribution in [-0.4, -0.2) is 41.3 Å². The Morgan fingerprint density at radius 3 is 2.61 bits per heavy atom. The Hall–Kier alpha value is -1.91. The summed E-state index contributed by atoms with van der Waals surface area (Å²) in [7, 11) is 0. The van der Waals surface area contributed by atoms with E-state index in [4.69, 9.17) is 0 Å². The van der Waals surface area contributed by atoms with Crippen LogP contribution in [0.1, 0.15) is 72.7 Å². The lowest BCUT2D eigenvalue weighted by Gasteiger charge is -2.20. The SMILES string of the molecule is CCCCCNC(=O)c1cc(C(=O)N2CCCCCC2)ccn1. The fourth-order valence-electron chi connectivity index (χ4n) is 2.81. The predicted molar refractivity (Wildman–Crippen MR) is 90.5 cm³/mol. The summed E-state index contributed by atoms with van der Waals surface area (Å²) in [5, 5.41) is 2.86. The molecule has 1 aromatic heterocycles. The predicted octanol–water partition coefficient (Wildman–Crippen LogP) is 3.02. The first-order valence-corrected chi connectivity index (χ1v) is 8.76. The van der Waals surface area contributed by atoms with E-state index in [1.807, 2.05) is 4.90 Å². The molecule has 0 aromatic carbocycles. The molecular formula is C18H27N3O2. The zero-order valence-corrected chi connectivity index (χ0v) is 14.0. The third kappa shape index (κ3) is 5.34. The van der Waals surface area contributed by atoms with E-state index in [1.165, 1.54) is 12.8 Å². The molecule has 0 bridgehead atoms. The number of nitrogens with one attached hydrogen (secondary N) is 1. The van der Waals surface area contributed by atoms with Gasteiger partial charge in [-0.15, -0.1) is 0 Å². The van der Waals surface area contributed by atoms with Crippen molar-refractivity contribution < 1.29 is 9.59 Å². The second kappa shape index (κ2) is 9.28. The average molecular weight is 317 g/mol. The highest BCUT2D eigenvalue weighted by Gasteiger charge is 2.18. The molecule has 1 aliphatic heterocycles. The number of pyridine rings is 1. The molecule has 5 nitrogen and oxygen atoms in total. The first kappa shape index (κ1) is 17.4. The minimum absolute atomic E-state index is 0.00864. The van der Waals surface area contributed by atoms with Crippen LogP contribution in [0, 0.1) is 0 Å². The molecule has 126 valence electrons. The summed E-state index contributed by atoms with van der Waals surface area (Å²) in [6, 6.07) is 3.31. The first-order chi connectivity index (χ1) is 11.2. The molecule has 1 aliphatic rings. The van der Waals surface area contributed by atoms with Gasteiger partial charge in [-0.1, -0.05) is 32.6 Å². The molecule has 23 heavy (non-hydrogen) atoms. The fraction of sp³-hybridized carbons (Fsp3) is 0.611. The maximum absolute atomic E-state index is 12.6. The average Bonchev–Trinajstić information content (AvgIpc) is 2.87. The number of unbranched alkanes of at least 4 members (excludes halogenated alkanes) is 2. The molecule has 0 aliphatic carbocycles. The maximum Gasteiger partial charge on any atom is 0.269 e. The standard InChI is InChI=1S/C18H27N3O2/c1-2-3-6-10-20-17(22)16-14-15(9-11-19-16)18(23)21-12-7-4-5-8-13-21/h9,11,14H,2-8,10,12-13H2,1H3,(H,20,22). The van der Waals surface area contributed by atoms with Crippen LogP contribution >= 0.6 is 0 Å². The van der Waals surface area contributed by atoms with E-state index in [2.05, 4.69) is 17.2 Å². The van der Waals surface area contributed by atoms with Crippen molar-refractivity contribution >= 4 is 11.8 Å². The van der Waals surface area contributed by atoms with Gasteiger partial charge in [0.05, 0.1) is 0 Å². The fourth-order valence-corrected chi connectivity index (χ4v) is 2.81. The number of amides is 2. The van der Waals surface area contributed by atoms with Gasteiger partial charge in [0.25, 0.3) is 11.8 Å². The van der Waals surface area contributed by atoms with Crippen molar-refractivity contribution in [2.75, 3.05) is 19.6 Å². The number of rotatable bonds is 6. The zero-order chi connectivity index (χ0) is 16.5. The Kier molecular flexibility index (Phi) is 7.04. The molecule has 2 rings (SSSR count). The van der Waals surface area contributed by atoms with Crippen molar-refractivity contribution in [3.05, 3.63) is 29.6 Å². The summed E-state index contributed by atoms with van der Waals surface area (Å²) < 4.78 is 0. The highest BCUT2D eigenvalue weighted by atomic mass is 16.2. The summed E-state index contributed by atoms with van der Waals surface area (Å²) in [5.41, 5.74) is 0.878. The second-order valence-electron chi connectivity index (χ2n) is 6.10. The van der Waals surface area contributed by atoms with Gasteiger partial charge in [-0.05, 0) is 31.4 Å². The van der Waals surface area contributed by atoms with E-state index < -0.39 is 0 Å². The van der Waals surface area contributed by atoms with Crippen molar-refractivity contribution in [1.82, 2.24) is 15.2 Å². The molecule has 0 atom stereocenters. The van der Waals surface area contributed by atoms with E-state index in [-0.39, 0.29) is 11.8 Å². The Labute approximate surface area is 138 Å². The highest BCUT2D eigenvalue weighted by molar-refractivity contribution is 5.98. The van der Waals surface area contributed by atoms with E-state index in [0.29, 0.717) is 17.8 Å². The minimum Gasteiger partial charge on any atom is -0.351 e. The Bertz CT molecular complexity index is 523. The lowest BCUT2D eigenvalue weighted by Crippen LogP contribution is -2.32. The van der Waals surface area contributed by atoms with Crippen LogP contribution in [0.3, 0.4) is 0 Å². The molecule has 2 amide bonds. The van der Waals surface area contributed by atoms with Gasteiger partial charge in [-0.25, -0.2) is 0 Å². The van der Waals surface area contributed by atoms with Crippen molar-refractivity contribution in [2.24, 2.45) is 0 Å². The molecule has 0 spiro atoms. The summed E-state index contributed by atoms with van der Waals surface area (Å²) in [6.07, 6.45) is 9.22. The summed E-state index contributed by atoms with van der Waals surface area (Å²) in [5.74, 6) is -0.194. The Morgan fingerprint density at radius 1 is 1.17 bits per heavy atom. The normalized spacial score (nSPS) is 15.1. The van der Waals surface area contributed by atoms with E-state index in [9.17, 15) is 9.59 Å². The molecule has 1 N–H and O–H groups in total. The van der Waals surface area contributed by atoms with Crippen molar-refractivity contribution in [3.63, 3.8) is 0 Å². The molecule has 1 fully saturated rings. The van der Waals surface area contributed by atoms with Crippen LogP contribution in [0.5, 0.6) is 0 Å². The second-order valence-corrected chi connectivity index (χ2v) is 6.10. The number of aromatic nitrogens is 1. The number of carbonyl (C=O) groups excluding carboxylic acids is 2. The Morgan fingerprint density at radius 2 is 1.91 bits per heavy atom. The third-order valence-corrected chi connectivity index (χ3v) is 4.20. The minimum atomic E-state index is -0.202. The maximum atomic E-state index is 12.6. The molecule has 2 heterocycles. The number of carbonyl (C=O) groups is 2. The van der Waals surface area contributed by atoms with Crippen molar-refractivity contribution in [3.8, 4) is 0 Å². The molecule has 1 saturated heterocycles. The zero-order valence-electron chi connectivity index (χ0n) is 14.0. The van der Waals surface area contributed by atoms with Crippen molar-refractivity contribution in [2.45, 2.75) is 51.9 Å². The number of hydrogen-bond donors (Lipinski definition) is 1. The van der Waals surface area contributed by atoms with Gasteiger partial charge < -0.3 is 10.2 Å². The van der Waals surface area contributed by atoms with Gasteiger partial charge in [-0.2, -0.15) is 0 Å². The molecule has 0 unspecified atom stereocenters. The first-order valence-electron chi connectivity index (χ1n) is 8.76. The van der Waals surface area contributed by atoms with Crippen LogP contribution in [0.4, 0.5) is 0 Å².